The summed E-state index contributed by atoms with van der Waals surface area (Å²) in [5.74, 6) is 2.04. The molecule has 51 heavy (non-hydrogen) atoms. The van der Waals surface area contributed by atoms with Gasteiger partial charge in [-0.1, -0.05) is 127 Å². The summed E-state index contributed by atoms with van der Waals surface area (Å²) in [6, 6.07) is 59.7. The first-order valence-corrected chi connectivity index (χ1v) is 18.5. The molecule has 0 fully saturated rings. The molecule has 0 aliphatic rings. The number of hydrogen-bond donors (Lipinski definition) is 0. The largest absolute Gasteiger partial charge is 0.309 e. The summed E-state index contributed by atoms with van der Waals surface area (Å²) in [4.78, 5) is 17.1. The molecule has 6 heteroatoms. The Hall–Kier alpha value is -6.21. The molecule has 10 aromatic rings. The Kier molecular flexibility index (Phi) is 7.15. The minimum Gasteiger partial charge on any atom is -0.309 e. The van der Waals surface area contributed by atoms with Crippen molar-refractivity contribution < 1.29 is 0 Å². The van der Waals surface area contributed by atoms with Crippen LogP contribution in [0.2, 0.25) is 0 Å². The number of benzene rings is 6. The van der Waals surface area contributed by atoms with Gasteiger partial charge in [-0.3, -0.25) is 0 Å². The maximum atomic E-state index is 4.98. The van der Waals surface area contributed by atoms with E-state index in [0.29, 0.717) is 17.5 Å². The Balaban J connectivity index is 1.13. The van der Waals surface area contributed by atoms with Crippen molar-refractivity contribution in [3.8, 4) is 60.7 Å². The first-order valence-electron chi connectivity index (χ1n) is 16.9. The van der Waals surface area contributed by atoms with Gasteiger partial charge in [-0.05, 0) is 53.6 Å². The van der Waals surface area contributed by atoms with Crippen molar-refractivity contribution in [1.82, 2.24) is 19.5 Å². The zero-order valence-electron chi connectivity index (χ0n) is 27.3. The molecule has 240 valence electrons. The van der Waals surface area contributed by atoms with E-state index < -0.39 is 0 Å². The molecule has 0 spiro atoms. The topological polar surface area (TPSA) is 43.6 Å². The van der Waals surface area contributed by atoms with Crippen LogP contribution < -0.4 is 0 Å². The van der Waals surface area contributed by atoms with Crippen molar-refractivity contribution in [2.24, 2.45) is 0 Å². The smallest absolute Gasteiger partial charge is 0.174 e. The summed E-state index contributed by atoms with van der Waals surface area (Å²) in [7, 11) is 0. The van der Waals surface area contributed by atoms with Crippen LogP contribution in [0, 0.1) is 0 Å². The molecule has 0 atom stereocenters. The molecule has 0 aliphatic carbocycles. The zero-order valence-corrected chi connectivity index (χ0v) is 28.9. The maximum absolute atomic E-state index is 4.98. The summed E-state index contributed by atoms with van der Waals surface area (Å²) in [5, 5.41) is 3.71. The SMILES string of the molecule is c1ccc(-c2ccc3c(c2)c2c(-c4cc5cc(-c6nc(-c7ccccc7)nc(-c7ccccc7)n6)sc5s4)cccc2n3-c2ccccc2)cc1. The van der Waals surface area contributed by atoms with E-state index in [1.54, 1.807) is 11.3 Å². The van der Waals surface area contributed by atoms with Gasteiger partial charge in [-0.25, -0.2) is 15.0 Å². The fraction of sp³-hybridized carbons (Fsp3) is 0. The lowest BCUT2D eigenvalue weighted by Crippen LogP contribution is -1.99. The highest BCUT2D eigenvalue weighted by molar-refractivity contribution is 7.41. The van der Waals surface area contributed by atoms with Crippen LogP contribution in [0.25, 0.3) is 91.9 Å². The van der Waals surface area contributed by atoms with Crippen molar-refractivity contribution in [1.29, 1.82) is 0 Å². The maximum Gasteiger partial charge on any atom is 0.174 e. The van der Waals surface area contributed by atoms with Gasteiger partial charge in [0.2, 0.25) is 0 Å². The number of para-hydroxylation sites is 1. The lowest BCUT2D eigenvalue weighted by molar-refractivity contribution is 1.08. The van der Waals surface area contributed by atoms with E-state index in [2.05, 4.69) is 114 Å². The van der Waals surface area contributed by atoms with E-state index in [9.17, 15) is 0 Å². The molecular formula is C45H28N4S2. The van der Waals surface area contributed by atoms with Crippen LogP contribution in [0.1, 0.15) is 0 Å². The summed E-state index contributed by atoms with van der Waals surface area (Å²) in [6.45, 7) is 0. The number of nitrogens with zero attached hydrogens (tertiary/aromatic N) is 4. The van der Waals surface area contributed by atoms with Crippen LogP contribution in [0.4, 0.5) is 0 Å². The van der Waals surface area contributed by atoms with Crippen LogP contribution in [-0.4, -0.2) is 19.5 Å². The third-order valence-electron chi connectivity index (χ3n) is 9.31. The average Bonchev–Trinajstić information content (AvgIpc) is 3.90. The number of thiophene rings is 2. The monoisotopic (exact) mass is 688 g/mol. The van der Waals surface area contributed by atoms with Crippen molar-refractivity contribution in [3.63, 3.8) is 0 Å². The molecule has 4 heterocycles. The fourth-order valence-corrected chi connectivity index (χ4v) is 9.35. The first kappa shape index (κ1) is 29.7. The van der Waals surface area contributed by atoms with E-state index in [-0.39, 0.29) is 0 Å². The van der Waals surface area contributed by atoms with E-state index in [1.165, 1.54) is 52.8 Å². The van der Waals surface area contributed by atoms with Gasteiger partial charge < -0.3 is 4.57 Å². The Bertz CT molecular complexity index is 2750. The molecule has 0 bridgehead atoms. The number of rotatable bonds is 6. The van der Waals surface area contributed by atoms with Crippen molar-refractivity contribution in [3.05, 3.63) is 170 Å². The molecule has 0 aliphatic heterocycles. The molecule has 0 unspecified atom stereocenters. The standard InChI is InChI=1S/C45H28N4S2/c1-5-14-29(15-6-1)32-24-25-37-36(26-32)41-35(22-13-23-38(41)49(37)34-20-11-4-12-21-34)39-27-33-28-40(51-45(33)50-39)44-47-42(30-16-7-2-8-17-30)46-43(48-44)31-18-9-3-10-19-31/h1-28H. The second-order valence-corrected chi connectivity index (χ2v) is 14.8. The van der Waals surface area contributed by atoms with Gasteiger partial charge >= 0.3 is 0 Å². The zero-order chi connectivity index (χ0) is 33.7. The normalized spacial score (nSPS) is 11.5. The van der Waals surface area contributed by atoms with Crippen molar-refractivity contribution in [2.75, 3.05) is 0 Å². The Morgan fingerprint density at radius 2 is 0.980 bits per heavy atom. The highest BCUT2D eigenvalue weighted by Crippen LogP contribution is 2.46. The van der Waals surface area contributed by atoms with Crippen LogP contribution in [0.3, 0.4) is 0 Å². The lowest BCUT2D eigenvalue weighted by Gasteiger charge is -2.08. The van der Waals surface area contributed by atoms with Crippen LogP contribution in [0.5, 0.6) is 0 Å². The molecule has 4 nitrogen and oxygen atoms in total. The first-order chi connectivity index (χ1) is 25.3. The summed E-state index contributed by atoms with van der Waals surface area (Å²) in [5.41, 5.74) is 9.15. The fourth-order valence-electron chi connectivity index (χ4n) is 6.94. The van der Waals surface area contributed by atoms with Gasteiger partial charge in [-0.15, -0.1) is 22.7 Å². The van der Waals surface area contributed by atoms with E-state index in [1.807, 2.05) is 72.0 Å². The Morgan fingerprint density at radius 1 is 0.412 bits per heavy atom. The summed E-state index contributed by atoms with van der Waals surface area (Å²) in [6.07, 6.45) is 0. The molecule has 0 saturated heterocycles. The number of aromatic nitrogens is 4. The Morgan fingerprint density at radius 3 is 1.63 bits per heavy atom. The highest BCUT2D eigenvalue weighted by atomic mass is 32.2. The molecule has 0 saturated carbocycles. The van der Waals surface area contributed by atoms with Crippen molar-refractivity contribution >= 4 is 53.9 Å². The predicted octanol–water partition coefficient (Wildman–Crippen LogP) is 12.6. The second-order valence-electron chi connectivity index (χ2n) is 12.5. The summed E-state index contributed by atoms with van der Waals surface area (Å²) >= 11 is 3.58. The van der Waals surface area contributed by atoms with Gasteiger partial charge in [0.25, 0.3) is 0 Å². The van der Waals surface area contributed by atoms with Crippen LogP contribution >= 0.6 is 22.7 Å². The molecule has 10 rings (SSSR count). The number of fused-ring (bicyclic) bond motifs is 4. The predicted molar refractivity (Wildman–Crippen MR) is 215 cm³/mol. The van der Waals surface area contributed by atoms with Gasteiger partial charge in [0, 0.05) is 43.4 Å². The molecule has 6 aromatic carbocycles. The molecule has 4 aromatic heterocycles. The minimum absolute atomic E-state index is 0.674. The lowest BCUT2D eigenvalue weighted by atomic mass is 10.0. The molecular weight excluding hydrogens is 661 g/mol. The second kappa shape index (κ2) is 12.3. The Labute approximate surface area is 302 Å². The van der Waals surface area contributed by atoms with Gasteiger partial charge in [-0.2, -0.15) is 0 Å². The van der Waals surface area contributed by atoms with Gasteiger partial charge in [0.1, 0.15) is 0 Å². The third kappa shape index (κ3) is 5.24. The molecule has 0 amide bonds. The quantitative estimate of drug-likeness (QED) is 0.175. The van der Waals surface area contributed by atoms with E-state index >= 15 is 0 Å². The summed E-state index contributed by atoms with van der Waals surface area (Å²) < 4.78 is 3.64. The van der Waals surface area contributed by atoms with Gasteiger partial charge in [0.15, 0.2) is 17.5 Å². The van der Waals surface area contributed by atoms with Gasteiger partial charge in [0.05, 0.1) is 19.9 Å². The van der Waals surface area contributed by atoms with E-state index in [0.717, 1.165) is 21.7 Å². The highest BCUT2D eigenvalue weighted by Gasteiger charge is 2.20. The minimum atomic E-state index is 0.674. The molecule has 0 N–H and O–H groups in total. The van der Waals surface area contributed by atoms with E-state index in [4.69, 9.17) is 15.0 Å². The number of hydrogen-bond acceptors (Lipinski definition) is 5. The third-order valence-corrected chi connectivity index (χ3v) is 11.7. The van der Waals surface area contributed by atoms with Crippen LogP contribution in [0.15, 0.2) is 170 Å². The van der Waals surface area contributed by atoms with Crippen LogP contribution in [-0.2, 0) is 0 Å². The molecule has 0 radical (unpaired) electrons. The average molecular weight is 689 g/mol. The van der Waals surface area contributed by atoms with Crippen molar-refractivity contribution in [2.45, 2.75) is 0 Å².